The van der Waals surface area contributed by atoms with Crippen molar-refractivity contribution < 1.29 is 65.4 Å². The Labute approximate surface area is 605 Å². The van der Waals surface area contributed by atoms with Gasteiger partial charge in [0.1, 0.15) is 0 Å². The van der Waals surface area contributed by atoms with Crippen LogP contribution in [0.2, 0.25) is 0 Å². The Kier molecular flexibility index (Phi) is 81.1. The van der Waals surface area contributed by atoms with Crippen molar-refractivity contribution in [3.05, 3.63) is 286 Å². The van der Waals surface area contributed by atoms with Crippen LogP contribution < -0.4 is 42.4 Å². The SMILES string of the molecule is C(=C/P(c1ccccc1)c1ccccc1)/P(c1ccccc1)c1ccccc1.C(=C/P(c1ccccc1)c1ccccc1)/P(c1ccccc1)c1ccccc1.ClCCl.ClCCl.ClCCl.ClCCl.ClCCl.F[B-](F)(F)F.[C-]#[O+].[C-]#[O+].[C-]#[O+].[Fe+2].[Fe].[S-]CC[S-]. The Bertz CT molecular complexity index is 2300. The van der Waals surface area contributed by atoms with Gasteiger partial charge in [0, 0.05) is 17.1 Å². The number of hydrogen-bond acceptors (Lipinski definition) is 2. The van der Waals surface area contributed by atoms with Crippen molar-refractivity contribution >= 4 is 223 Å². The fourth-order valence-corrected chi connectivity index (χ4v) is 14.9. The van der Waals surface area contributed by atoms with Gasteiger partial charge in [-0.15, -0.1) is 116 Å². The van der Waals surface area contributed by atoms with E-state index in [1.807, 2.05) is 0 Å². The third kappa shape index (κ3) is 53.0. The van der Waals surface area contributed by atoms with Gasteiger partial charge in [-0.3, -0.25) is 0 Å². The molecule has 0 unspecified atom stereocenters. The van der Waals surface area contributed by atoms with E-state index in [1.54, 1.807) is 0 Å². The summed E-state index contributed by atoms with van der Waals surface area (Å²) in [5, 5.41) is 12.1. The number of hydrogen-bond donors (Lipinski definition) is 0. The van der Waals surface area contributed by atoms with Gasteiger partial charge in [0.25, 0.3) is 0 Å². The minimum absolute atomic E-state index is 0. The first-order chi connectivity index (χ1) is 41.8. The van der Waals surface area contributed by atoms with Crippen LogP contribution in [0.4, 0.5) is 17.3 Å². The van der Waals surface area contributed by atoms with Crippen LogP contribution in [0.25, 0.3) is 0 Å². The predicted molar refractivity (Wildman–Crippen MR) is 384 cm³/mol. The fourth-order valence-electron chi connectivity index (χ4n) is 6.26. The maximum atomic E-state index is 9.75. The summed E-state index contributed by atoms with van der Waals surface area (Å²) in [6.45, 7) is 13.5. The van der Waals surface area contributed by atoms with Crippen LogP contribution in [0, 0.1) is 20.0 Å². The Balaban J connectivity index is -0.000000260. The summed E-state index contributed by atoms with van der Waals surface area (Å²) in [5.74, 6) is 11.2. The molecule has 8 aromatic carbocycles. The Morgan fingerprint density at radius 1 is 0.284 bits per heavy atom. The second-order valence-electron chi connectivity index (χ2n) is 14.2. The molecule has 8 aromatic rings. The van der Waals surface area contributed by atoms with Gasteiger partial charge in [-0.2, -0.15) is 11.5 Å². The third-order valence-corrected chi connectivity index (χ3v) is 18.8. The molecule has 0 fully saturated rings. The smallest absolute Gasteiger partial charge is 0.794 e. The van der Waals surface area contributed by atoms with Gasteiger partial charge in [-0.05, 0) is 74.1 Å². The number of halogens is 14. The summed E-state index contributed by atoms with van der Waals surface area (Å²) in [6, 6.07) is 86.9. The average Bonchev–Trinajstić information content (AvgIpc) is 3.62. The van der Waals surface area contributed by atoms with E-state index in [0.717, 1.165) is 11.5 Å². The molecule has 8 rings (SSSR count). The van der Waals surface area contributed by atoms with E-state index in [4.69, 9.17) is 130 Å². The van der Waals surface area contributed by atoms with Gasteiger partial charge in [0.05, 0.1) is 26.7 Å². The second kappa shape index (κ2) is 73.0. The summed E-state index contributed by atoms with van der Waals surface area (Å²) in [6.07, 6.45) is 0. The molecule has 26 heteroatoms. The van der Waals surface area contributed by atoms with E-state index in [-0.39, 0.29) is 60.8 Å². The summed E-state index contributed by atoms with van der Waals surface area (Å²) in [7, 11) is -8.11. The van der Waals surface area contributed by atoms with Crippen LogP contribution in [0.5, 0.6) is 0 Å². The molecule has 0 aromatic heterocycles. The van der Waals surface area contributed by atoms with Gasteiger partial charge >= 0.3 is 58.2 Å². The molecular weight excluding hydrogens is 1530 g/mol. The topological polar surface area (TPSA) is 59.7 Å². The zero-order chi connectivity index (χ0) is 65.5. The van der Waals surface area contributed by atoms with Gasteiger partial charge in [-0.1, -0.05) is 266 Å². The van der Waals surface area contributed by atoms with Crippen molar-refractivity contribution in [2.45, 2.75) is 0 Å². The fraction of sp³-hybridized carbons (Fsp3) is 0.113. The maximum Gasteiger partial charge on any atom is 2.00 e. The second-order valence-corrected chi connectivity index (χ2v) is 27.3. The number of benzene rings is 8. The molecule has 0 saturated carbocycles. The summed E-state index contributed by atoms with van der Waals surface area (Å²) >= 11 is 56.5. The maximum absolute atomic E-state index is 9.75. The van der Waals surface area contributed by atoms with Crippen LogP contribution in [-0.4, -0.2) is 45.5 Å². The molecule has 0 aliphatic rings. The van der Waals surface area contributed by atoms with Crippen molar-refractivity contribution in [2.24, 2.45) is 0 Å². The Morgan fingerprint density at radius 3 is 0.432 bits per heavy atom. The molecule has 0 bridgehead atoms. The van der Waals surface area contributed by atoms with Crippen molar-refractivity contribution in [2.75, 3.05) is 38.2 Å². The van der Waals surface area contributed by atoms with Gasteiger partial charge < -0.3 is 42.5 Å². The van der Waals surface area contributed by atoms with Crippen LogP contribution in [0.1, 0.15) is 0 Å². The summed E-state index contributed by atoms with van der Waals surface area (Å²) in [4.78, 5) is 0. The Hall–Kier alpha value is -1.40. The number of rotatable bonds is 13. The standard InChI is InChI=1S/2C26H22P2.C2H6S2.5CH2Cl2.3CO.BF4.2Fe/c2*1-5-13-23(14-6-1)27(24-15-7-2-8-16-24)21-22-28(25-17-9-3-10-18-25)26-19-11-4-12-20-26;3-1-2-4;5*2-1-3;3*1-2;2-1(3,4)5;;/h2*1-22H;3-4H,1-2H2;5*1H2;;;;;;/q;;;;;;;;;;;-1;;+2/p-2/b2*22-21-;;;;;;;;;;;;. The van der Waals surface area contributed by atoms with Crippen LogP contribution in [0.15, 0.2) is 266 Å². The zero-order valence-electron chi connectivity index (χ0n) is 46.3. The van der Waals surface area contributed by atoms with Crippen molar-refractivity contribution in [1.29, 1.82) is 0 Å². The molecule has 0 amide bonds. The molecule has 474 valence electrons. The third-order valence-electron chi connectivity index (χ3n) is 9.09. The molecule has 0 heterocycles. The molecule has 0 spiro atoms. The molecule has 0 saturated heterocycles. The van der Waals surface area contributed by atoms with Gasteiger partial charge in [0.15, 0.2) is 0 Å². The van der Waals surface area contributed by atoms with Crippen molar-refractivity contribution in [3.8, 4) is 0 Å². The minimum atomic E-state index is -6.00. The van der Waals surface area contributed by atoms with E-state index in [0.29, 0.717) is 0 Å². The van der Waals surface area contributed by atoms with Crippen LogP contribution in [0.3, 0.4) is 0 Å². The quantitative estimate of drug-likeness (QED) is 0.0220. The van der Waals surface area contributed by atoms with E-state index >= 15 is 0 Å². The monoisotopic (exact) mass is 1590 g/mol. The van der Waals surface area contributed by atoms with E-state index in [1.165, 1.54) is 42.4 Å². The molecule has 88 heavy (non-hydrogen) atoms. The molecule has 0 atom stereocenters. The predicted octanol–water partition coefficient (Wildman–Crippen LogP) is 19.8. The first-order valence-corrected chi connectivity index (χ1v) is 36.2. The van der Waals surface area contributed by atoms with Crippen LogP contribution in [-0.2, 0) is 73.4 Å². The average molecular weight is 1590 g/mol. The summed E-state index contributed by atoms with van der Waals surface area (Å²) in [5.41, 5.74) is 0. The first kappa shape index (κ1) is 97.7. The van der Waals surface area contributed by atoms with Gasteiger partial charge in [-0.25, -0.2) is 0 Å². The summed E-state index contributed by atoms with van der Waals surface area (Å²) < 4.78 is 61.5. The van der Waals surface area contributed by atoms with Crippen LogP contribution >= 0.6 is 148 Å². The molecule has 0 radical (unpaired) electrons. The normalized spacial score (nSPS) is 9.34. The largest absolute Gasteiger partial charge is 2.00 e. The molecular formula is C62H58BCl10F4Fe2O3P4S2-. The molecule has 0 aliphatic heterocycles. The van der Waals surface area contributed by atoms with Crippen molar-refractivity contribution in [1.82, 2.24) is 0 Å². The van der Waals surface area contributed by atoms with E-state index in [2.05, 4.69) is 311 Å². The van der Waals surface area contributed by atoms with E-state index < -0.39 is 38.9 Å². The Morgan fingerprint density at radius 2 is 0.364 bits per heavy atom. The minimum Gasteiger partial charge on any atom is -0.794 e. The van der Waals surface area contributed by atoms with E-state index in [9.17, 15) is 17.3 Å². The molecule has 0 N–H and O–H groups in total. The first-order valence-electron chi connectivity index (χ1n) is 24.0. The van der Waals surface area contributed by atoms with Gasteiger partial charge in [0.2, 0.25) is 0 Å². The number of alkyl halides is 10. The van der Waals surface area contributed by atoms with Crippen molar-refractivity contribution in [3.63, 3.8) is 0 Å². The molecule has 3 nitrogen and oxygen atoms in total. The molecule has 0 aliphatic carbocycles. The zero-order valence-corrected chi connectivity index (χ0v) is 61.2.